The minimum Gasteiger partial charge on any atom is -0.439 e. The van der Waals surface area contributed by atoms with Crippen molar-refractivity contribution in [2.45, 2.75) is 25.4 Å². The van der Waals surface area contributed by atoms with Gasteiger partial charge in [-0.2, -0.15) is 0 Å². The molecule has 4 aliphatic rings. The Morgan fingerprint density at radius 1 is 1.35 bits per heavy atom. The number of thiophene rings is 1. The quantitative estimate of drug-likeness (QED) is 0.799. The SMILES string of the molecule is Cc1csc(N2C[C@@]3(CN4CCC3CC4)OC2=O)c1.Cl. The lowest BCUT2D eigenvalue weighted by Crippen LogP contribution is -2.61. The van der Waals surface area contributed by atoms with Crippen molar-refractivity contribution >= 4 is 34.8 Å². The van der Waals surface area contributed by atoms with Crippen LogP contribution in [0.25, 0.3) is 0 Å². The summed E-state index contributed by atoms with van der Waals surface area (Å²) in [6, 6.07) is 2.08. The lowest BCUT2D eigenvalue weighted by Gasteiger charge is -2.49. The van der Waals surface area contributed by atoms with Gasteiger partial charge in [-0.1, -0.05) is 0 Å². The van der Waals surface area contributed by atoms with Crippen LogP contribution in [0.15, 0.2) is 11.4 Å². The molecular formula is C14H19ClN2O2S. The minimum atomic E-state index is -0.245. The van der Waals surface area contributed by atoms with E-state index in [9.17, 15) is 4.79 Å². The van der Waals surface area contributed by atoms with E-state index in [1.165, 1.54) is 31.5 Å². The summed E-state index contributed by atoms with van der Waals surface area (Å²) < 4.78 is 5.85. The number of carbonyl (C=O) groups is 1. The average Bonchev–Trinajstić information content (AvgIpc) is 2.95. The first-order chi connectivity index (χ1) is 9.16. The van der Waals surface area contributed by atoms with E-state index in [-0.39, 0.29) is 24.1 Å². The Labute approximate surface area is 129 Å². The number of anilines is 1. The molecule has 6 heteroatoms. The van der Waals surface area contributed by atoms with Gasteiger partial charge in [0.15, 0.2) is 0 Å². The largest absolute Gasteiger partial charge is 0.439 e. The second-order valence-corrected chi connectivity index (χ2v) is 6.92. The van der Waals surface area contributed by atoms with E-state index in [0.29, 0.717) is 5.92 Å². The first-order valence-corrected chi connectivity index (χ1v) is 7.82. The fraction of sp³-hybridized carbons (Fsp3) is 0.643. The molecule has 0 N–H and O–H groups in total. The highest BCUT2D eigenvalue weighted by molar-refractivity contribution is 7.14. The summed E-state index contributed by atoms with van der Waals surface area (Å²) in [5, 5.41) is 3.11. The Morgan fingerprint density at radius 3 is 2.65 bits per heavy atom. The molecule has 1 spiro atoms. The van der Waals surface area contributed by atoms with Crippen molar-refractivity contribution < 1.29 is 9.53 Å². The van der Waals surface area contributed by atoms with Crippen LogP contribution in [0, 0.1) is 12.8 Å². The van der Waals surface area contributed by atoms with E-state index in [1.54, 1.807) is 11.3 Å². The number of piperidine rings is 3. The Bertz CT molecular complexity index is 527. The zero-order valence-corrected chi connectivity index (χ0v) is 13.1. The molecule has 1 amide bonds. The molecule has 0 saturated carbocycles. The van der Waals surface area contributed by atoms with Gasteiger partial charge in [-0.05, 0) is 49.9 Å². The number of carbonyl (C=O) groups excluding carboxylic acids is 1. The third-order valence-corrected chi connectivity index (χ3v) is 5.81. The van der Waals surface area contributed by atoms with Crippen LogP contribution in [0.5, 0.6) is 0 Å². The minimum absolute atomic E-state index is 0. The summed E-state index contributed by atoms with van der Waals surface area (Å²) in [7, 11) is 0. The number of amides is 1. The normalized spacial score (nSPS) is 35.2. The molecule has 20 heavy (non-hydrogen) atoms. The molecular weight excluding hydrogens is 296 g/mol. The molecule has 5 rings (SSSR count). The number of hydrogen-bond acceptors (Lipinski definition) is 4. The van der Waals surface area contributed by atoms with Gasteiger partial charge in [0.25, 0.3) is 0 Å². The number of fused-ring (bicyclic) bond motifs is 2. The Morgan fingerprint density at radius 2 is 2.10 bits per heavy atom. The van der Waals surface area contributed by atoms with E-state index in [2.05, 4.69) is 23.3 Å². The lowest BCUT2D eigenvalue weighted by molar-refractivity contribution is -0.0881. The first kappa shape index (κ1) is 14.2. The summed E-state index contributed by atoms with van der Waals surface area (Å²) in [5.41, 5.74) is 0.966. The van der Waals surface area contributed by atoms with Crippen LogP contribution < -0.4 is 4.90 Å². The highest BCUT2D eigenvalue weighted by atomic mass is 35.5. The highest BCUT2D eigenvalue weighted by Gasteiger charge is 2.55. The molecule has 4 fully saturated rings. The van der Waals surface area contributed by atoms with E-state index in [0.717, 1.165) is 18.1 Å². The second-order valence-electron chi connectivity index (χ2n) is 6.03. The van der Waals surface area contributed by atoms with Crippen molar-refractivity contribution in [3.63, 3.8) is 0 Å². The van der Waals surface area contributed by atoms with E-state index in [1.807, 2.05) is 4.90 Å². The fourth-order valence-electron chi connectivity index (χ4n) is 3.74. The van der Waals surface area contributed by atoms with Gasteiger partial charge in [-0.3, -0.25) is 9.80 Å². The molecule has 5 heterocycles. The van der Waals surface area contributed by atoms with Crippen LogP contribution >= 0.6 is 23.7 Å². The Hall–Kier alpha value is -0.780. The number of nitrogens with zero attached hydrogens (tertiary/aromatic N) is 2. The van der Waals surface area contributed by atoms with Crippen LogP contribution in [0.2, 0.25) is 0 Å². The van der Waals surface area contributed by atoms with Gasteiger partial charge in [-0.15, -0.1) is 23.7 Å². The maximum absolute atomic E-state index is 12.2. The average molecular weight is 315 g/mol. The molecule has 2 bridgehead atoms. The van der Waals surface area contributed by atoms with E-state index in [4.69, 9.17) is 4.74 Å². The van der Waals surface area contributed by atoms with Crippen LogP contribution in [-0.4, -0.2) is 42.8 Å². The number of rotatable bonds is 1. The summed E-state index contributed by atoms with van der Waals surface area (Å²) in [5.74, 6) is 0.549. The summed E-state index contributed by atoms with van der Waals surface area (Å²) >= 11 is 1.63. The summed E-state index contributed by atoms with van der Waals surface area (Å²) in [4.78, 5) is 16.5. The molecule has 0 aromatic carbocycles. The van der Waals surface area contributed by atoms with Gasteiger partial charge in [0.2, 0.25) is 0 Å². The van der Waals surface area contributed by atoms with Crippen LogP contribution in [0.1, 0.15) is 18.4 Å². The summed E-state index contributed by atoms with van der Waals surface area (Å²) in [6.45, 7) is 6.05. The van der Waals surface area contributed by atoms with E-state index < -0.39 is 0 Å². The predicted octanol–water partition coefficient (Wildman–Crippen LogP) is 2.90. The van der Waals surface area contributed by atoms with Gasteiger partial charge in [0.1, 0.15) is 10.6 Å². The second kappa shape index (κ2) is 4.90. The third kappa shape index (κ3) is 2.03. The van der Waals surface area contributed by atoms with Crippen molar-refractivity contribution in [2.75, 3.05) is 31.1 Å². The monoisotopic (exact) mass is 314 g/mol. The maximum atomic E-state index is 12.2. The standard InChI is InChI=1S/C14H18N2O2S.ClH/c1-10-6-12(19-7-10)16-9-14(18-13(16)17)8-15-4-2-11(14)3-5-15;/h6-7,11H,2-5,8-9H2,1H3;1H/t14-;/m1./s1. The van der Waals surface area contributed by atoms with Crippen molar-refractivity contribution in [3.05, 3.63) is 17.0 Å². The molecule has 4 aliphatic heterocycles. The molecule has 1 atom stereocenters. The van der Waals surface area contributed by atoms with Gasteiger partial charge in [-0.25, -0.2) is 4.79 Å². The fourth-order valence-corrected chi connectivity index (χ4v) is 4.63. The number of aryl methyl sites for hydroxylation is 1. The number of ether oxygens (including phenoxy) is 1. The molecule has 1 aromatic rings. The predicted molar refractivity (Wildman–Crippen MR) is 82.0 cm³/mol. The Balaban J connectivity index is 0.00000121. The molecule has 4 saturated heterocycles. The number of hydrogen-bond donors (Lipinski definition) is 0. The van der Waals surface area contributed by atoms with Gasteiger partial charge >= 0.3 is 6.09 Å². The van der Waals surface area contributed by atoms with Gasteiger partial charge in [0.05, 0.1) is 6.54 Å². The maximum Gasteiger partial charge on any atom is 0.415 e. The molecule has 0 radical (unpaired) electrons. The van der Waals surface area contributed by atoms with Crippen molar-refractivity contribution in [2.24, 2.45) is 5.92 Å². The van der Waals surface area contributed by atoms with Crippen LogP contribution in [0.4, 0.5) is 9.80 Å². The van der Waals surface area contributed by atoms with Crippen LogP contribution in [0.3, 0.4) is 0 Å². The molecule has 4 nitrogen and oxygen atoms in total. The third-order valence-electron chi connectivity index (χ3n) is 4.74. The molecule has 0 aliphatic carbocycles. The van der Waals surface area contributed by atoms with Gasteiger partial charge < -0.3 is 4.74 Å². The van der Waals surface area contributed by atoms with Crippen molar-refractivity contribution in [3.8, 4) is 0 Å². The van der Waals surface area contributed by atoms with E-state index >= 15 is 0 Å². The number of halogens is 1. The smallest absolute Gasteiger partial charge is 0.415 e. The van der Waals surface area contributed by atoms with Crippen LogP contribution in [-0.2, 0) is 4.74 Å². The molecule has 0 unspecified atom stereocenters. The zero-order chi connectivity index (χ0) is 13.0. The lowest BCUT2D eigenvalue weighted by atomic mass is 9.75. The van der Waals surface area contributed by atoms with Gasteiger partial charge in [0, 0.05) is 12.5 Å². The molecule has 1 aromatic heterocycles. The summed E-state index contributed by atoms with van der Waals surface area (Å²) in [6.07, 6.45) is 2.19. The first-order valence-electron chi connectivity index (χ1n) is 6.94. The van der Waals surface area contributed by atoms with Crippen molar-refractivity contribution in [1.82, 2.24) is 4.90 Å². The highest BCUT2D eigenvalue weighted by Crippen LogP contribution is 2.44. The Kier molecular flexibility index (Phi) is 3.47. The topological polar surface area (TPSA) is 32.8 Å². The zero-order valence-electron chi connectivity index (χ0n) is 11.5. The van der Waals surface area contributed by atoms with Crippen molar-refractivity contribution in [1.29, 1.82) is 0 Å². The molecule has 110 valence electrons.